The molecule has 8 heteroatoms. The van der Waals surface area contributed by atoms with E-state index < -0.39 is 11.7 Å². The number of aryl methyl sites for hydroxylation is 1. The Kier molecular flexibility index (Phi) is 4.06. The summed E-state index contributed by atoms with van der Waals surface area (Å²) in [6.45, 7) is 1.71. The molecule has 0 atom stereocenters. The van der Waals surface area contributed by atoms with Crippen molar-refractivity contribution in [3.63, 3.8) is 0 Å². The van der Waals surface area contributed by atoms with E-state index in [1.54, 1.807) is 6.92 Å². The van der Waals surface area contributed by atoms with Crippen molar-refractivity contribution >= 4 is 34.7 Å². The Morgan fingerprint density at radius 3 is 2.55 bits per heavy atom. The van der Waals surface area contributed by atoms with Crippen molar-refractivity contribution in [1.82, 2.24) is 9.97 Å². The molecule has 0 saturated carbocycles. The van der Waals surface area contributed by atoms with Gasteiger partial charge in [-0.1, -0.05) is 11.6 Å². The first-order valence-corrected chi connectivity index (χ1v) is 6.16. The Labute approximate surface area is 122 Å². The van der Waals surface area contributed by atoms with E-state index in [1.165, 1.54) is 18.3 Å². The first-order valence-electron chi connectivity index (χ1n) is 5.40. The minimum absolute atomic E-state index is 0.00288. The molecule has 1 aromatic carbocycles. The third kappa shape index (κ3) is 3.32. The molecule has 2 aromatic rings. The number of anilines is 2. The van der Waals surface area contributed by atoms with Crippen molar-refractivity contribution < 1.29 is 13.2 Å². The van der Waals surface area contributed by atoms with Crippen molar-refractivity contribution in [3.05, 3.63) is 45.8 Å². The van der Waals surface area contributed by atoms with Gasteiger partial charge in [0.15, 0.2) is 0 Å². The van der Waals surface area contributed by atoms with E-state index in [-0.39, 0.29) is 16.0 Å². The maximum absolute atomic E-state index is 12.8. The van der Waals surface area contributed by atoms with E-state index in [9.17, 15) is 13.2 Å². The average molecular weight is 322 g/mol. The van der Waals surface area contributed by atoms with Gasteiger partial charge in [-0.25, -0.2) is 9.97 Å². The molecule has 0 aliphatic carbocycles. The lowest BCUT2D eigenvalue weighted by Gasteiger charge is -2.13. The van der Waals surface area contributed by atoms with E-state index >= 15 is 0 Å². The van der Waals surface area contributed by atoms with Crippen LogP contribution in [0.5, 0.6) is 0 Å². The number of alkyl halides is 3. The second-order valence-electron chi connectivity index (χ2n) is 3.99. The molecule has 0 bridgehead atoms. The van der Waals surface area contributed by atoms with Gasteiger partial charge >= 0.3 is 6.18 Å². The Morgan fingerprint density at radius 2 is 1.90 bits per heavy atom. The second-order valence-corrected chi connectivity index (χ2v) is 4.73. The van der Waals surface area contributed by atoms with Crippen LogP contribution in [0.2, 0.25) is 10.3 Å². The Hall–Kier alpha value is -1.53. The minimum Gasteiger partial charge on any atom is -0.340 e. The predicted octanol–water partition coefficient (Wildman–Crippen LogP) is 4.85. The van der Waals surface area contributed by atoms with Gasteiger partial charge in [-0.2, -0.15) is 13.2 Å². The lowest BCUT2D eigenvalue weighted by molar-refractivity contribution is -0.137. The molecular formula is C12H8Cl2F3N3. The lowest BCUT2D eigenvalue weighted by Crippen LogP contribution is -2.07. The zero-order valence-corrected chi connectivity index (χ0v) is 11.6. The number of nitrogens with one attached hydrogen (secondary N) is 1. The molecule has 2 rings (SSSR count). The quantitative estimate of drug-likeness (QED) is 0.803. The third-order valence-corrected chi connectivity index (χ3v) is 2.99. The highest BCUT2D eigenvalue weighted by Crippen LogP contribution is 2.36. The first-order chi connectivity index (χ1) is 9.27. The number of rotatable bonds is 2. The van der Waals surface area contributed by atoms with Crippen LogP contribution in [0, 0.1) is 6.92 Å². The largest absolute Gasteiger partial charge is 0.417 e. The minimum atomic E-state index is -4.52. The van der Waals surface area contributed by atoms with Gasteiger partial charge in [-0.3, -0.25) is 0 Å². The van der Waals surface area contributed by atoms with Gasteiger partial charge in [-0.15, -0.1) is 0 Å². The summed E-state index contributed by atoms with van der Waals surface area (Å²) in [5.74, 6) is 0.334. The van der Waals surface area contributed by atoms with Gasteiger partial charge in [0.1, 0.15) is 5.82 Å². The van der Waals surface area contributed by atoms with Crippen LogP contribution >= 0.6 is 23.2 Å². The summed E-state index contributed by atoms with van der Waals surface area (Å²) in [6.07, 6.45) is -3.05. The summed E-state index contributed by atoms with van der Waals surface area (Å²) < 4.78 is 38.3. The molecule has 0 amide bonds. The summed E-state index contributed by atoms with van der Waals surface area (Å²) >= 11 is 11.2. The molecule has 0 fully saturated rings. The summed E-state index contributed by atoms with van der Waals surface area (Å²) in [5.41, 5.74) is -0.0560. The standard InChI is InChI=1S/C12H8Cl2F3N3/c1-6-5-18-11(14)20-10(6)19-7-2-3-9(13)8(4-7)12(15,16)17/h2-5H,1H3,(H,18,19,20). The molecule has 0 aliphatic rings. The van der Waals surface area contributed by atoms with Gasteiger partial charge in [0, 0.05) is 17.4 Å². The maximum atomic E-state index is 12.8. The van der Waals surface area contributed by atoms with Crippen LogP contribution in [0.3, 0.4) is 0 Å². The van der Waals surface area contributed by atoms with Crippen molar-refractivity contribution in [1.29, 1.82) is 0 Å². The van der Waals surface area contributed by atoms with Crippen LogP contribution < -0.4 is 5.32 Å². The molecule has 0 saturated heterocycles. The molecule has 106 valence electrons. The van der Waals surface area contributed by atoms with Crippen LogP contribution in [0.25, 0.3) is 0 Å². The predicted molar refractivity (Wildman–Crippen MR) is 71.5 cm³/mol. The number of halogens is 5. The monoisotopic (exact) mass is 321 g/mol. The molecule has 0 aliphatic heterocycles. The molecule has 1 heterocycles. The third-order valence-electron chi connectivity index (χ3n) is 2.48. The first kappa shape index (κ1) is 14.9. The molecule has 1 N–H and O–H groups in total. The zero-order chi connectivity index (χ0) is 14.9. The Bertz CT molecular complexity index is 644. The lowest BCUT2D eigenvalue weighted by atomic mass is 10.2. The number of hydrogen-bond acceptors (Lipinski definition) is 3. The normalized spacial score (nSPS) is 11.5. The number of aromatic nitrogens is 2. The maximum Gasteiger partial charge on any atom is 0.417 e. The fraction of sp³-hybridized carbons (Fsp3) is 0.167. The van der Waals surface area contributed by atoms with Crippen LogP contribution in [0.15, 0.2) is 24.4 Å². The molecule has 0 unspecified atom stereocenters. The summed E-state index contributed by atoms with van der Waals surface area (Å²) in [4.78, 5) is 7.68. The van der Waals surface area contributed by atoms with Crippen LogP contribution in [-0.2, 0) is 6.18 Å². The highest BCUT2D eigenvalue weighted by molar-refractivity contribution is 6.31. The highest BCUT2D eigenvalue weighted by Gasteiger charge is 2.33. The average Bonchev–Trinajstić information content (AvgIpc) is 2.35. The van der Waals surface area contributed by atoms with Crippen LogP contribution in [0.1, 0.15) is 11.1 Å². The number of nitrogens with zero attached hydrogens (tertiary/aromatic N) is 2. The molecule has 1 aromatic heterocycles. The number of hydrogen-bond donors (Lipinski definition) is 1. The van der Waals surface area contributed by atoms with E-state index in [2.05, 4.69) is 15.3 Å². The van der Waals surface area contributed by atoms with Crippen molar-refractivity contribution in [2.24, 2.45) is 0 Å². The van der Waals surface area contributed by atoms with Crippen LogP contribution in [0.4, 0.5) is 24.7 Å². The Morgan fingerprint density at radius 1 is 1.20 bits per heavy atom. The molecule has 20 heavy (non-hydrogen) atoms. The topological polar surface area (TPSA) is 37.8 Å². The Balaban J connectivity index is 2.37. The highest BCUT2D eigenvalue weighted by atomic mass is 35.5. The molecule has 0 spiro atoms. The summed E-state index contributed by atoms with van der Waals surface area (Å²) in [6, 6.07) is 3.51. The van der Waals surface area contributed by atoms with Gasteiger partial charge < -0.3 is 5.32 Å². The van der Waals surface area contributed by atoms with E-state index in [0.29, 0.717) is 11.4 Å². The van der Waals surface area contributed by atoms with Gasteiger partial charge in [0.25, 0.3) is 0 Å². The van der Waals surface area contributed by atoms with Crippen molar-refractivity contribution in [2.75, 3.05) is 5.32 Å². The van der Waals surface area contributed by atoms with Gasteiger partial charge in [0.2, 0.25) is 5.28 Å². The SMILES string of the molecule is Cc1cnc(Cl)nc1Nc1ccc(Cl)c(C(F)(F)F)c1. The smallest absolute Gasteiger partial charge is 0.340 e. The zero-order valence-electron chi connectivity index (χ0n) is 10.1. The second kappa shape index (κ2) is 5.46. The fourth-order valence-electron chi connectivity index (χ4n) is 1.50. The van der Waals surface area contributed by atoms with Gasteiger partial charge in [-0.05, 0) is 36.7 Å². The summed E-state index contributed by atoms with van der Waals surface area (Å²) in [5, 5.41) is 2.40. The van der Waals surface area contributed by atoms with Crippen molar-refractivity contribution in [2.45, 2.75) is 13.1 Å². The van der Waals surface area contributed by atoms with Gasteiger partial charge in [0.05, 0.1) is 10.6 Å². The van der Waals surface area contributed by atoms with Crippen LogP contribution in [-0.4, -0.2) is 9.97 Å². The number of benzene rings is 1. The molecule has 0 radical (unpaired) electrons. The molecule has 3 nitrogen and oxygen atoms in total. The van der Waals surface area contributed by atoms with E-state index in [1.807, 2.05) is 0 Å². The summed E-state index contributed by atoms with van der Waals surface area (Å²) in [7, 11) is 0. The van der Waals surface area contributed by atoms with Crippen molar-refractivity contribution in [3.8, 4) is 0 Å². The van der Waals surface area contributed by atoms with E-state index in [0.717, 1.165) is 6.07 Å². The fourth-order valence-corrected chi connectivity index (χ4v) is 1.86. The van der Waals surface area contributed by atoms with E-state index in [4.69, 9.17) is 23.2 Å². The molecular weight excluding hydrogens is 314 g/mol.